The van der Waals surface area contributed by atoms with E-state index >= 15 is 0 Å². The number of halogens is 2. The van der Waals surface area contributed by atoms with Gasteiger partial charge in [0.25, 0.3) is 5.91 Å². The summed E-state index contributed by atoms with van der Waals surface area (Å²) in [5.74, 6) is -1.36. The van der Waals surface area contributed by atoms with Crippen molar-refractivity contribution in [2.24, 2.45) is 0 Å². The normalized spacial score (nSPS) is 19.3. The first-order chi connectivity index (χ1) is 8.99. The van der Waals surface area contributed by atoms with Gasteiger partial charge in [0.15, 0.2) is 6.10 Å². The molecule has 0 aliphatic carbocycles. The van der Waals surface area contributed by atoms with Crippen molar-refractivity contribution in [1.82, 2.24) is 4.90 Å². The third-order valence-corrected chi connectivity index (χ3v) is 3.60. The van der Waals surface area contributed by atoms with Gasteiger partial charge in [0.05, 0.1) is 23.7 Å². The van der Waals surface area contributed by atoms with Crippen LogP contribution >= 0.6 is 27.5 Å². The van der Waals surface area contributed by atoms with Gasteiger partial charge in [0, 0.05) is 11.0 Å². The number of hydrogen-bond acceptors (Lipinski definition) is 3. The molecule has 1 aromatic rings. The Morgan fingerprint density at radius 2 is 2.21 bits per heavy atom. The predicted molar refractivity (Wildman–Crippen MR) is 72.4 cm³/mol. The second kappa shape index (κ2) is 5.90. The van der Waals surface area contributed by atoms with Crippen molar-refractivity contribution in [3.05, 3.63) is 33.3 Å². The molecule has 0 spiro atoms. The summed E-state index contributed by atoms with van der Waals surface area (Å²) in [6.45, 7) is 0.590. The Bertz CT molecular complexity index is 522. The summed E-state index contributed by atoms with van der Waals surface area (Å²) in [5.41, 5.74) is 0.357. The minimum absolute atomic E-state index is 0.0283. The fourth-order valence-electron chi connectivity index (χ4n) is 1.82. The van der Waals surface area contributed by atoms with Crippen molar-refractivity contribution in [3.8, 4) is 0 Å². The molecule has 1 aliphatic rings. The van der Waals surface area contributed by atoms with Gasteiger partial charge in [0.2, 0.25) is 0 Å². The highest BCUT2D eigenvalue weighted by atomic mass is 79.9. The maximum absolute atomic E-state index is 12.3. The maximum Gasteiger partial charge on any atom is 0.334 e. The van der Waals surface area contributed by atoms with Crippen LogP contribution in [0.25, 0.3) is 0 Å². The molecule has 102 valence electrons. The minimum Gasteiger partial charge on any atom is -0.479 e. The fourth-order valence-corrected chi connectivity index (χ4v) is 2.57. The lowest BCUT2D eigenvalue weighted by Gasteiger charge is -2.31. The van der Waals surface area contributed by atoms with Gasteiger partial charge < -0.3 is 14.7 Å². The van der Waals surface area contributed by atoms with Crippen LogP contribution in [0, 0.1) is 0 Å². The Morgan fingerprint density at radius 1 is 1.47 bits per heavy atom. The molecule has 0 saturated carbocycles. The van der Waals surface area contributed by atoms with Crippen LogP contribution in [-0.4, -0.2) is 47.7 Å². The van der Waals surface area contributed by atoms with Gasteiger partial charge >= 0.3 is 5.97 Å². The highest BCUT2D eigenvalue weighted by molar-refractivity contribution is 9.10. The molecule has 0 unspecified atom stereocenters. The molecular weight excluding hydrogens is 337 g/mol. The van der Waals surface area contributed by atoms with Crippen LogP contribution in [-0.2, 0) is 9.53 Å². The van der Waals surface area contributed by atoms with Crippen LogP contribution in [0.5, 0.6) is 0 Å². The van der Waals surface area contributed by atoms with Crippen molar-refractivity contribution in [2.75, 3.05) is 19.7 Å². The van der Waals surface area contributed by atoms with Crippen LogP contribution in [0.4, 0.5) is 0 Å². The number of carbonyl (C=O) groups excluding carboxylic acids is 1. The van der Waals surface area contributed by atoms with Crippen LogP contribution in [0.1, 0.15) is 10.4 Å². The number of aliphatic carboxylic acids is 1. The van der Waals surface area contributed by atoms with Gasteiger partial charge in [-0.05, 0) is 18.2 Å². The average Bonchev–Trinajstić information content (AvgIpc) is 2.38. The molecule has 0 bridgehead atoms. The van der Waals surface area contributed by atoms with E-state index in [4.69, 9.17) is 21.4 Å². The molecule has 1 aliphatic heterocycles. The Balaban J connectivity index is 2.17. The molecule has 1 fully saturated rings. The van der Waals surface area contributed by atoms with Gasteiger partial charge in [-0.15, -0.1) is 0 Å². The minimum atomic E-state index is -1.07. The maximum atomic E-state index is 12.3. The molecule has 1 N–H and O–H groups in total. The van der Waals surface area contributed by atoms with Crippen LogP contribution in [0.2, 0.25) is 5.02 Å². The van der Waals surface area contributed by atoms with E-state index in [1.807, 2.05) is 0 Å². The fraction of sp³-hybridized carbons (Fsp3) is 0.333. The van der Waals surface area contributed by atoms with Crippen LogP contribution in [0.3, 0.4) is 0 Å². The number of hydrogen-bond donors (Lipinski definition) is 1. The van der Waals surface area contributed by atoms with E-state index in [1.165, 1.54) is 4.90 Å². The number of nitrogens with zero attached hydrogens (tertiary/aromatic N) is 1. The van der Waals surface area contributed by atoms with E-state index in [2.05, 4.69) is 15.9 Å². The smallest absolute Gasteiger partial charge is 0.334 e. The molecule has 5 nitrogen and oxygen atoms in total. The molecule has 1 atom stereocenters. The van der Waals surface area contributed by atoms with Crippen molar-refractivity contribution in [2.45, 2.75) is 6.10 Å². The topological polar surface area (TPSA) is 66.8 Å². The lowest BCUT2D eigenvalue weighted by Crippen LogP contribution is -2.48. The monoisotopic (exact) mass is 347 g/mol. The zero-order valence-corrected chi connectivity index (χ0v) is 12.1. The summed E-state index contributed by atoms with van der Waals surface area (Å²) in [6.07, 6.45) is -0.980. The molecular formula is C12H11BrClNO4. The van der Waals surface area contributed by atoms with E-state index in [0.717, 1.165) is 4.47 Å². The number of ether oxygens (including phenoxy) is 1. The molecule has 1 amide bonds. The number of rotatable bonds is 2. The largest absolute Gasteiger partial charge is 0.479 e. The Labute approximate surface area is 123 Å². The Hall–Kier alpha value is -1.11. The lowest BCUT2D eigenvalue weighted by molar-refractivity contribution is -0.154. The quantitative estimate of drug-likeness (QED) is 0.888. The van der Waals surface area contributed by atoms with E-state index in [-0.39, 0.29) is 19.1 Å². The molecule has 7 heteroatoms. The second-order valence-corrected chi connectivity index (χ2v) is 5.40. The van der Waals surface area contributed by atoms with Gasteiger partial charge in [0.1, 0.15) is 0 Å². The average molecular weight is 349 g/mol. The summed E-state index contributed by atoms with van der Waals surface area (Å²) >= 11 is 9.28. The zero-order valence-electron chi connectivity index (χ0n) is 9.81. The first-order valence-corrected chi connectivity index (χ1v) is 6.75. The number of carbonyl (C=O) groups is 2. The number of carboxylic acid groups (broad SMARTS) is 1. The molecule has 0 aromatic heterocycles. The van der Waals surface area contributed by atoms with E-state index in [1.54, 1.807) is 18.2 Å². The Morgan fingerprint density at radius 3 is 2.84 bits per heavy atom. The zero-order chi connectivity index (χ0) is 14.0. The van der Waals surface area contributed by atoms with E-state index in [9.17, 15) is 9.59 Å². The van der Waals surface area contributed by atoms with Crippen molar-refractivity contribution < 1.29 is 19.4 Å². The molecule has 1 heterocycles. The van der Waals surface area contributed by atoms with Crippen LogP contribution in [0.15, 0.2) is 22.7 Å². The summed E-state index contributed by atoms with van der Waals surface area (Å²) in [5, 5.41) is 9.24. The summed E-state index contributed by atoms with van der Waals surface area (Å²) in [6, 6.07) is 4.96. The molecule has 1 saturated heterocycles. The van der Waals surface area contributed by atoms with Crippen molar-refractivity contribution >= 4 is 39.4 Å². The third-order valence-electron chi connectivity index (χ3n) is 2.79. The highest BCUT2D eigenvalue weighted by Crippen LogP contribution is 2.23. The molecule has 19 heavy (non-hydrogen) atoms. The van der Waals surface area contributed by atoms with Gasteiger partial charge in [-0.1, -0.05) is 27.5 Å². The number of benzene rings is 1. The van der Waals surface area contributed by atoms with Crippen molar-refractivity contribution in [1.29, 1.82) is 0 Å². The SMILES string of the molecule is O=C(O)[C@H]1CN(C(=O)c2ccc(Br)cc2Cl)CCO1. The summed E-state index contributed by atoms with van der Waals surface area (Å²) < 4.78 is 5.85. The first kappa shape index (κ1) is 14.3. The molecule has 0 radical (unpaired) electrons. The highest BCUT2D eigenvalue weighted by Gasteiger charge is 2.30. The third kappa shape index (κ3) is 3.26. The van der Waals surface area contributed by atoms with Gasteiger partial charge in [-0.3, -0.25) is 4.79 Å². The number of amides is 1. The van der Waals surface area contributed by atoms with Gasteiger partial charge in [-0.2, -0.15) is 0 Å². The van der Waals surface area contributed by atoms with Crippen LogP contribution < -0.4 is 0 Å². The van der Waals surface area contributed by atoms with E-state index < -0.39 is 12.1 Å². The number of morpholine rings is 1. The second-order valence-electron chi connectivity index (χ2n) is 4.07. The standard InChI is InChI=1S/C12H11BrClNO4/c13-7-1-2-8(9(14)5-7)11(16)15-3-4-19-10(6-15)12(17)18/h1-2,5,10H,3-4,6H2,(H,17,18)/t10-/m1/s1. The first-order valence-electron chi connectivity index (χ1n) is 5.58. The molecule has 2 rings (SSSR count). The van der Waals surface area contributed by atoms with Crippen molar-refractivity contribution in [3.63, 3.8) is 0 Å². The lowest BCUT2D eigenvalue weighted by atomic mass is 10.1. The Kier molecular flexibility index (Phi) is 4.44. The molecule has 1 aromatic carbocycles. The summed E-state index contributed by atoms with van der Waals surface area (Å²) in [7, 11) is 0. The van der Waals surface area contributed by atoms with Gasteiger partial charge in [-0.25, -0.2) is 4.79 Å². The summed E-state index contributed by atoms with van der Waals surface area (Å²) in [4.78, 5) is 24.6. The predicted octanol–water partition coefficient (Wildman–Crippen LogP) is 2.03. The number of carboxylic acids is 1. The van der Waals surface area contributed by atoms with E-state index in [0.29, 0.717) is 17.1 Å².